The van der Waals surface area contributed by atoms with Crippen LogP contribution >= 0.6 is 0 Å². The first kappa shape index (κ1) is 14.2. The van der Waals surface area contributed by atoms with Gasteiger partial charge < -0.3 is 11.1 Å². The average Bonchev–Trinajstić information content (AvgIpc) is 2.62. The van der Waals surface area contributed by atoms with Gasteiger partial charge in [-0.1, -0.05) is 0 Å². The molecule has 0 aliphatic carbocycles. The molecule has 0 saturated heterocycles. The van der Waals surface area contributed by atoms with E-state index < -0.39 is 17.4 Å². The molecule has 0 aromatic heterocycles. The van der Waals surface area contributed by atoms with E-state index in [1.807, 2.05) is 13.8 Å². The summed E-state index contributed by atoms with van der Waals surface area (Å²) in [6, 6.07) is 4.63. The zero-order valence-electron chi connectivity index (χ0n) is 11.4. The van der Waals surface area contributed by atoms with Crippen LogP contribution in [0, 0.1) is 0 Å². The molecule has 0 unspecified atom stereocenters. The van der Waals surface area contributed by atoms with Crippen LogP contribution in [0.2, 0.25) is 0 Å². The van der Waals surface area contributed by atoms with Crippen LogP contribution in [0.15, 0.2) is 18.2 Å². The van der Waals surface area contributed by atoms with Crippen LogP contribution in [0.4, 0.5) is 5.69 Å². The van der Waals surface area contributed by atoms with Crippen LogP contribution in [-0.2, 0) is 4.79 Å². The summed E-state index contributed by atoms with van der Waals surface area (Å²) >= 11 is 0. The normalized spacial score (nSPS) is 13.9. The lowest BCUT2D eigenvalue weighted by Crippen LogP contribution is -2.33. The molecule has 1 aromatic rings. The molecule has 0 spiro atoms. The van der Waals surface area contributed by atoms with Crippen LogP contribution in [0.1, 0.15) is 47.4 Å². The highest BCUT2D eigenvalue weighted by molar-refractivity contribution is 6.22. The van der Waals surface area contributed by atoms with Crippen LogP contribution in [0.5, 0.6) is 0 Å². The SMILES string of the molecule is CC(C)(N)CCC(=O)Nc1ccc2c(c1)C(=O)NC2=O. The van der Waals surface area contributed by atoms with Crippen molar-refractivity contribution in [3.8, 4) is 0 Å². The Balaban J connectivity index is 2.05. The fraction of sp³-hybridized carbons (Fsp3) is 0.357. The van der Waals surface area contributed by atoms with Gasteiger partial charge in [0.15, 0.2) is 0 Å². The van der Waals surface area contributed by atoms with Crippen molar-refractivity contribution in [2.24, 2.45) is 5.73 Å². The van der Waals surface area contributed by atoms with Crippen molar-refractivity contribution in [1.29, 1.82) is 0 Å². The lowest BCUT2D eigenvalue weighted by atomic mass is 10.00. The van der Waals surface area contributed by atoms with Gasteiger partial charge in [-0.15, -0.1) is 0 Å². The molecule has 6 nitrogen and oxygen atoms in total. The highest BCUT2D eigenvalue weighted by Gasteiger charge is 2.26. The number of hydrogen-bond donors (Lipinski definition) is 3. The maximum Gasteiger partial charge on any atom is 0.259 e. The van der Waals surface area contributed by atoms with Gasteiger partial charge in [-0.25, -0.2) is 0 Å². The number of fused-ring (bicyclic) bond motifs is 1. The molecule has 20 heavy (non-hydrogen) atoms. The molecule has 0 radical (unpaired) electrons. The number of nitrogens with two attached hydrogens (primary N) is 1. The van der Waals surface area contributed by atoms with Crippen LogP contribution < -0.4 is 16.4 Å². The Bertz CT molecular complexity index is 588. The van der Waals surface area contributed by atoms with E-state index in [9.17, 15) is 14.4 Å². The van der Waals surface area contributed by atoms with Crippen molar-refractivity contribution in [3.05, 3.63) is 29.3 Å². The Morgan fingerprint density at radius 1 is 1.25 bits per heavy atom. The standard InChI is InChI=1S/C14H17N3O3/c1-14(2,15)6-5-11(18)16-8-3-4-9-10(7-8)13(20)17-12(9)19/h3-4,7H,5-6,15H2,1-2H3,(H,16,18)(H,17,19,20). The highest BCUT2D eigenvalue weighted by Crippen LogP contribution is 2.20. The van der Waals surface area contributed by atoms with E-state index in [2.05, 4.69) is 10.6 Å². The molecule has 0 bridgehead atoms. The molecule has 4 N–H and O–H groups in total. The van der Waals surface area contributed by atoms with Crippen LogP contribution in [-0.4, -0.2) is 23.3 Å². The van der Waals surface area contributed by atoms with Gasteiger partial charge in [0.25, 0.3) is 11.8 Å². The van der Waals surface area contributed by atoms with Crippen molar-refractivity contribution < 1.29 is 14.4 Å². The first-order chi connectivity index (χ1) is 9.26. The Hall–Kier alpha value is -2.21. The molecular formula is C14H17N3O3. The molecule has 1 aliphatic rings. The van der Waals surface area contributed by atoms with E-state index in [-0.39, 0.29) is 11.5 Å². The maximum absolute atomic E-state index is 11.8. The van der Waals surface area contributed by atoms with Crippen LogP contribution in [0.3, 0.4) is 0 Å². The number of carbonyl (C=O) groups excluding carboxylic acids is 3. The molecule has 106 valence electrons. The maximum atomic E-state index is 11.8. The van der Waals surface area contributed by atoms with Crippen molar-refractivity contribution in [2.45, 2.75) is 32.2 Å². The summed E-state index contributed by atoms with van der Waals surface area (Å²) in [6.07, 6.45) is 0.856. The van der Waals surface area contributed by atoms with E-state index in [1.54, 1.807) is 6.07 Å². The topological polar surface area (TPSA) is 101 Å². The van der Waals surface area contributed by atoms with Crippen molar-refractivity contribution in [1.82, 2.24) is 5.32 Å². The highest BCUT2D eigenvalue weighted by atomic mass is 16.2. The summed E-state index contributed by atoms with van der Waals surface area (Å²) in [7, 11) is 0. The van der Waals surface area contributed by atoms with Crippen molar-refractivity contribution in [2.75, 3.05) is 5.32 Å². The molecule has 1 aliphatic heterocycles. The third-order valence-corrected chi connectivity index (χ3v) is 3.02. The minimum absolute atomic E-state index is 0.173. The summed E-state index contributed by atoms with van der Waals surface area (Å²) in [5.74, 6) is -1.02. The van der Waals surface area contributed by atoms with Gasteiger partial charge in [-0.3, -0.25) is 19.7 Å². The zero-order chi connectivity index (χ0) is 14.9. The number of anilines is 1. The second kappa shape index (κ2) is 5.05. The van der Waals surface area contributed by atoms with Crippen molar-refractivity contribution >= 4 is 23.4 Å². The minimum Gasteiger partial charge on any atom is -0.326 e. The van der Waals surface area contributed by atoms with Gasteiger partial charge in [-0.2, -0.15) is 0 Å². The summed E-state index contributed by atoms with van der Waals surface area (Å²) in [4.78, 5) is 34.7. The monoisotopic (exact) mass is 275 g/mol. The fourth-order valence-corrected chi connectivity index (χ4v) is 1.90. The number of hydrogen-bond acceptors (Lipinski definition) is 4. The minimum atomic E-state index is -0.441. The van der Waals surface area contributed by atoms with Crippen molar-refractivity contribution in [3.63, 3.8) is 0 Å². The largest absolute Gasteiger partial charge is 0.326 e. The zero-order valence-corrected chi connectivity index (χ0v) is 11.4. The number of amides is 3. The number of benzene rings is 1. The number of rotatable bonds is 4. The predicted octanol–water partition coefficient (Wildman–Crippen LogP) is 1.03. The Labute approximate surface area is 116 Å². The van der Waals surface area contributed by atoms with Gasteiger partial charge in [0.05, 0.1) is 11.1 Å². The Morgan fingerprint density at radius 2 is 1.90 bits per heavy atom. The van der Waals surface area contributed by atoms with Gasteiger partial charge >= 0.3 is 0 Å². The van der Waals surface area contributed by atoms with Crippen LogP contribution in [0.25, 0.3) is 0 Å². The predicted molar refractivity (Wildman–Crippen MR) is 74.4 cm³/mol. The number of nitrogens with one attached hydrogen (secondary N) is 2. The Kier molecular flexibility index (Phi) is 3.59. The molecule has 1 heterocycles. The molecule has 6 heteroatoms. The number of carbonyl (C=O) groups is 3. The van der Waals surface area contributed by atoms with Gasteiger partial charge in [-0.05, 0) is 38.5 Å². The molecule has 0 fully saturated rings. The third kappa shape index (κ3) is 3.21. The first-order valence-electron chi connectivity index (χ1n) is 6.35. The quantitative estimate of drug-likeness (QED) is 0.714. The molecule has 0 saturated carbocycles. The van der Waals surface area contributed by atoms with E-state index in [1.165, 1.54) is 12.1 Å². The molecular weight excluding hydrogens is 258 g/mol. The molecule has 0 atom stereocenters. The smallest absolute Gasteiger partial charge is 0.259 e. The van der Waals surface area contributed by atoms with E-state index in [4.69, 9.17) is 5.73 Å². The summed E-state index contributed by atoms with van der Waals surface area (Å²) in [5.41, 5.74) is 6.52. The molecule has 1 aromatic carbocycles. The summed E-state index contributed by atoms with van der Waals surface area (Å²) in [5, 5.41) is 4.89. The van der Waals surface area contributed by atoms with Gasteiger partial charge in [0.2, 0.25) is 5.91 Å². The Morgan fingerprint density at radius 3 is 2.55 bits per heavy atom. The third-order valence-electron chi connectivity index (χ3n) is 3.02. The molecule has 2 rings (SSSR count). The fourth-order valence-electron chi connectivity index (χ4n) is 1.90. The second-order valence-corrected chi connectivity index (χ2v) is 5.58. The van der Waals surface area contributed by atoms with E-state index in [0.29, 0.717) is 24.1 Å². The van der Waals surface area contributed by atoms with Gasteiger partial charge in [0, 0.05) is 17.6 Å². The van der Waals surface area contributed by atoms with E-state index in [0.717, 1.165) is 0 Å². The second-order valence-electron chi connectivity index (χ2n) is 5.58. The van der Waals surface area contributed by atoms with E-state index >= 15 is 0 Å². The lowest BCUT2D eigenvalue weighted by Gasteiger charge is -2.17. The molecule has 3 amide bonds. The van der Waals surface area contributed by atoms with Gasteiger partial charge in [0.1, 0.15) is 0 Å². The summed E-state index contributed by atoms with van der Waals surface area (Å²) < 4.78 is 0. The summed E-state index contributed by atoms with van der Waals surface area (Å²) in [6.45, 7) is 3.71. The lowest BCUT2D eigenvalue weighted by molar-refractivity contribution is -0.116. The first-order valence-corrected chi connectivity index (χ1v) is 6.35. The number of imide groups is 1. The average molecular weight is 275 g/mol.